The topological polar surface area (TPSA) is 39.1 Å². The second-order valence-corrected chi connectivity index (χ2v) is 11.2. The average molecular weight is 457 g/mol. The van der Waals surface area contributed by atoms with Gasteiger partial charge < -0.3 is 4.57 Å². The van der Waals surface area contributed by atoms with Gasteiger partial charge in [0.05, 0.1) is 10.9 Å². The van der Waals surface area contributed by atoms with E-state index in [0.717, 1.165) is 66.2 Å². The molecule has 0 atom stereocenters. The molecule has 164 valence electrons. The van der Waals surface area contributed by atoms with E-state index >= 15 is 0 Å². The lowest BCUT2D eigenvalue weighted by molar-refractivity contribution is 0.923. The molecule has 0 N–H and O–H groups in total. The number of aromatic nitrogens is 1. The van der Waals surface area contributed by atoms with Crippen molar-refractivity contribution in [3.05, 3.63) is 91.4 Å². The zero-order chi connectivity index (χ0) is 23.4. The van der Waals surface area contributed by atoms with Crippen molar-refractivity contribution in [2.45, 2.75) is 12.8 Å². The van der Waals surface area contributed by atoms with E-state index in [-0.39, 0.29) is 11.0 Å². The maximum absolute atomic E-state index is 14.4. The molecule has 0 saturated heterocycles. The molecule has 0 spiro atoms. The van der Waals surface area contributed by atoms with Crippen LogP contribution >= 0.6 is 0 Å². The summed E-state index contributed by atoms with van der Waals surface area (Å²) >= 11 is 0. The van der Waals surface area contributed by atoms with Crippen molar-refractivity contribution in [1.82, 2.24) is 4.57 Å². The normalized spacial score (nSPS) is 14.8. The number of pyridine rings is 1. The minimum atomic E-state index is 0.0398. The molecule has 2 aliphatic rings. The van der Waals surface area contributed by atoms with Crippen molar-refractivity contribution in [1.29, 1.82) is 0 Å². The summed E-state index contributed by atoms with van der Waals surface area (Å²) in [6, 6.07) is 17.7. The van der Waals surface area contributed by atoms with Crippen LogP contribution in [0.1, 0.15) is 22.3 Å². The van der Waals surface area contributed by atoms with Crippen LogP contribution in [0.4, 0.5) is 0 Å². The predicted molar refractivity (Wildman–Crippen MR) is 148 cm³/mol. The van der Waals surface area contributed by atoms with Crippen LogP contribution in [0.5, 0.6) is 0 Å². The van der Waals surface area contributed by atoms with Crippen molar-refractivity contribution in [2.75, 3.05) is 0 Å². The molecule has 36 heavy (non-hydrogen) atoms. The van der Waals surface area contributed by atoms with Crippen LogP contribution in [0, 0.1) is 0 Å². The Labute approximate surface area is 202 Å². The first-order valence-electron chi connectivity index (χ1n) is 12.6. The lowest BCUT2D eigenvalue weighted by atomic mass is 9.89. The van der Waals surface area contributed by atoms with Gasteiger partial charge in [-0.1, -0.05) is 42.5 Å². The molecule has 0 aliphatic heterocycles. The Hall–Kier alpha value is -4.50. The highest BCUT2D eigenvalue weighted by Crippen LogP contribution is 2.55. The summed E-state index contributed by atoms with van der Waals surface area (Å²) in [6.45, 7) is 0. The van der Waals surface area contributed by atoms with Crippen molar-refractivity contribution in [2.24, 2.45) is 7.05 Å². The highest BCUT2D eigenvalue weighted by Gasteiger charge is 2.33. The zero-order valence-corrected chi connectivity index (χ0v) is 19.3. The van der Waals surface area contributed by atoms with E-state index in [1.807, 2.05) is 11.6 Å². The molecule has 3 nitrogen and oxygen atoms in total. The second kappa shape index (κ2) is 4.78. The number of rotatable bonds is 0. The fourth-order valence-corrected chi connectivity index (χ4v) is 8.47. The molecule has 0 radical (unpaired) electrons. The molecule has 2 aliphatic carbocycles. The van der Waals surface area contributed by atoms with E-state index in [1.165, 1.54) is 48.8 Å². The molecular weight excluding hydrogens is 442 g/mol. The summed E-state index contributed by atoms with van der Waals surface area (Å²) in [5.41, 5.74) is 5.66. The number of aryl methyl sites for hydroxylation is 1. The number of hydrogen-bond donors (Lipinski definition) is 0. The quantitative estimate of drug-likeness (QED) is 0.192. The summed E-state index contributed by atoms with van der Waals surface area (Å²) in [5, 5.41) is 16.5. The number of hydrogen-bond acceptors (Lipinski definition) is 2. The number of benzene rings is 6. The number of fused-ring (bicyclic) bond motifs is 1. The molecule has 12 rings (SSSR count). The lowest BCUT2D eigenvalue weighted by Gasteiger charge is -2.17. The summed E-state index contributed by atoms with van der Waals surface area (Å²) in [4.78, 5) is 28.5. The summed E-state index contributed by atoms with van der Waals surface area (Å²) in [6.07, 6.45) is 1.52. The molecule has 2 aromatic heterocycles. The Morgan fingerprint density at radius 3 is 1.67 bits per heavy atom. The molecule has 10 aromatic rings. The van der Waals surface area contributed by atoms with Gasteiger partial charge in [0.25, 0.3) is 5.56 Å². The van der Waals surface area contributed by atoms with Gasteiger partial charge in [-0.2, -0.15) is 0 Å². The highest BCUT2D eigenvalue weighted by atomic mass is 16.1. The second-order valence-electron chi connectivity index (χ2n) is 11.2. The van der Waals surface area contributed by atoms with E-state index in [1.54, 1.807) is 0 Å². The van der Waals surface area contributed by atoms with E-state index in [9.17, 15) is 9.59 Å². The Balaban J connectivity index is 1.77. The Kier molecular flexibility index (Phi) is 2.26. The molecule has 8 aromatic carbocycles. The summed E-state index contributed by atoms with van der Waals surface area (Å²) in [5.74, 6) is 0. The van der Waals surface area contributed by atoms with Gasteiger partial charge in [-0.25, -0.2) is 0 Å². The lowest BCUT2D eigenvalue weighted by Crippen LogP contribution is -2.18. The van der Waals surface area contributed by atoms with Gasteiger partial charge in [0.1, 0.15) is 0 Å². The largest absolute Gasteiger partial charge is 0.310 e. The van der Waals surface area contributed by atoms with Crippen molar-refractivity contribution in [3.8, 4) is 0 Å². The van der Waals surface area contributed by atoms with Crippen molar-refractivity contribution in [3.63, 3.8) is 0 Å². The van der Waals surface area contributed by atoms with Gasteiger partial charge >= 0.3 is 0 Å². The molecule has 0 unspecified atom stereocenters. The third kappa shape index (κ3) is 1.43. The van der Waals surface area contributed by atoms with Crippen LogP contribution in [-0.2, 0) is 19.9 Å². The molecule has 0 saturated carbocycles. The van der Waals surface area contributed by atoms with Crippen LogP contribution in [-0.4, -0.2) is 4.57 Å². The Morgan fingerprint density at radius 1 is 0.500 bits per heavy atom. The van der Waals surface area contributed by atoms with Crippen LogP contribution in [0.3, 0.4) is 0 Å². The van der Waals surface area contributed by atoms with Crippen LogP contribution in [0.15, 0.2) is 58.1 Å². The summed E-state index contributed by atoms with van der Waals surface area (Å²) in [7, 11) is 1.90. The van der Waals surface area contributed by atoms with Gasteiger partial charge in [-0.05, 0) is 77.7 Å². The first-order chi connectivity index (χ1) is 17.6. The minimum absolute atomic E-state index is 0.0398. The molecule has 0 fully saturated rings. The summed E-state index contributed by atoms with van der Waals surface area (Å²) < 4.78 is 1.84. The number of nitrogens with zero attached hydrogens (tertiary/aromatic N) is 1. The predicted octanol–water partition coefficient (Wildman–Crippen LogP) is 6.53. The van der Waals surface area contributed by atoms with E-state index in [4.69, 9.17) is 0 Å². The molecule has 0 amide bonds. The molecule has 2 heterocycles. The van der Waals surface area contributed by atoms with Gasteiger partial charge in [0, 0.05) is 46.0 Å². The maximum atomic E-state index is 14.4. The smallest absolute Gasteiger partial charge is 0.259 e. The van der Waals surface area contributed by atoms with Crippen LogP contribution in [0.2, 0.25) is 0 Å². The SMILES string of the molecule is Cn1c(=O)c2c3c4c5cc6ccc(cc7c(=O)c8c(cc9ccc%10cc(c4c4c%10c9c8c24)C5)C7)c1c63. The van der Waals surface area contributed by atoms with Gasteiger partial charge in [0.2, 0.25) is 0 Å². The van der Waals surface area contributed by atoms with E-state index in [0.29, 0.717) is 6.42 Å². The maximum Gasteiger partial charge on any atom is 0.259 e. The van der Waals surface area contributed by atoms with Crippen LogP contribution in [0.25, 0.3) is 86.3 Å². The Morgan fingerprint density at radius 2 is 0.972 bits per heavy atom. The van der Waals surface area contributed by atoms with E-state index < -0.39 is 0 Å². The average Bonchev–Trinajstić information content (AvgIpc) is 3.51. The standard InChI is InChI=1S/C33H15NO2/c1-34-31-15-5-4-14-8-17-10-16-6-12-2-3-13-7-18-11-19(9-15)32(35)25(18)28-21(13)20(12)26-22(16)23(17)27(24(14)31)30(29(26)28)33(34)36/h2-9H,10-11H2,1H3. The van der Waals surface area contributed by atoms with Gasteiger partial charge in [0.15, 0.2) is 5.43 Å². The van der Waals surface area contributed by atoms with Crippen molar-refractivity contribution < 1.29 is 0 Å². The molecule has 3 heteroatoms. The van der Waals surface area contributed by atoms with Gasteiger partial charge in [-0.15, -0.1) is 0 Å². The monoisotopic (exact) mass is 457 g/mol. The fraction of sp³-hybridized carbons (Fsp3) is 0.0909. The zero-order valence-electron chi connectivity index (χ0n) is 19.3. The van der Waals surface area contributed by atoms with Gasteiger partial charge in [-0.3, -0.25) is 9.59 Å². The first-order valence-corrected chi connectivity index (χ1v) is 12.6. The molecular formula is C33H15NO2. The van der Waals surface area contributed by atoms with E-state index in [2.05, 4.69) is 48.5 Å². The van der Waals surface area contributed by atoms with Crippen LogP contribution < -0.4 is 11.0 Å². The first kappa shape index (κ1) is 17.0. The fourth-order valence-electron chi connectivity index (χ4n) is 8.47. The third-order valence-corrected chi connectivity index (χ3v) is 9.68. The third-order valence-electron chi connectivity index (χ3n) is 9.68. The minimum Gasteiger partial charge on any atom is -0.310 e. The Bertz CT molecular complexity index is 2670. The molecule has 8 bridgehead atoms. The van der Waals surface area contributed by atoms with Crippen molar-refractivity contribution >= 4 is 86.3 Å². The highest BCUT2D eigenvalue weighted by molar-refractivity contribution is 6.51.